The lowest BCUT2D eigenvalue weighted by atomic mass is 9.78. The summed E-state index contributed by atoms with van der Waals surface area (Å²) >= 11 is 3.58. The summed E-state index contributed by atoms with van der Waals surface area (Å²) in [4.78, 5) is 13.5. The Morgan fingerprint density at radius 1 is 0.903 bits per heavy atom. The zero-order valence-electron chi connectivity index (χ0n) is 17.2. The maximum absolute atomic E-state index is 13.5. The van der Waals surface area contributed by atoms with Crippen LogP contribution in [0.5, 0.6) is 5.75 Å². The average molecular weight is 475 g/mol. The van der Waals surface area contributed by atoms with Crippen molar-refractivity contribution in [3.63, 3.8) is 0 Å². The van der Waals surface area contributed by atoms with Gasteiger partial charge >= 0.3 is 0 Å². The first kappa shape index (κ1) is 19.9. The van der Waals surface area contributed by atoms with Crippen LogP contribution >= 0.6 is 15.9 Å². The minimum absolute atomic E-state index is 0.137. The van der Waals surface area contributed by atoms with Gasteiger partial charge < -0.3 is 15.4 Å². The lowest BCUT2D eigenvalue weighted by molar-refractivity contribution is -0.116. The molecule has 4 nitrogen and oxygen atoms in total. The normalized spacial score (nSPS) is 20.1. The number of ketones is 1. The molecule has 1 aliphatic carbocycles. The van der Waals surface area contributed by atoms with Crippen LogP contribution in [0.4, 0.5) is 11.4 Å². The highest BCUT2D eigenvalue weighted by atomic mass is 79.9. The van der Waals surface area contributed by atoms with Gasteiger partial charge in [-0.1, -0.05) is 52.3 Å². The Balaban J connectivity index is 1.58. The SMILES string of the molecule is COc1ccc([C@H]2CC(=O)C3=C(C2)Nc2ccccc2N[C@H]3c2cccc(Br)c2)cc1. The third kappa shape index (κ3) is 3.86. The van der Waals surface area contributed by atoms with Crippen LogP contribution in [0.1, 0.15) is 35.9 Å². The fourth-order valence-corrected chi connectivity index (χ4v) is 4.96. The van der Waals surface area contributed by atoms with Crippen LogP contribution in [-0.2, 0) is 4.79 Å². The van der Waals surface area contributed by atoms with Gasteiger partial charge in [0.2, 0.25) is 0 Å². The number of carbonyl (C=O) groups excluding carboxylic acids is 1. The van der Waals surface area contributed by atoms with E-state index in [0.717, 1.165) is 50.4 Å². The smallest absolute Gasteiger partial charge is 0.163 e. The number of allylic oxidation sites excluding steroid dienone is 1. The van der Waals surface area contributed by atoms with E-state index in [2.05, 4.69) is 63.0 Å². The van der Waals surface area contributed by atoms with Crippen LogP contribution in [0.3, 0.4) is 0 Å². The number of halogens is 1. The first-order valence-electron chi connectivity index (χ1n) is 10.4. The summed E-state index contributed by atoms with van der Waals surface area (Å²) in [6.07, 6.45) is 1.28. The van der Waals surface area contributed by atoms with E-state index < -0.39 is 0 Å². The van der Waals surface area contributed by atoms with Crippen LogP contribution in [-0.4, -0.2) is 12.9 Å². The van der Waals surface area contributed by atoms with Gasteiger partial charge in [0.05, 0.1) is 24.5 Å². The molecular formula is C26H23BrN2O2. The number of Topliss-reactive ketones (excluding diaryl/α,β-unsaturated/α-hetero) is 1. The summed E-state index contributed by atoms with van der Waals surface area (Å²) in [7, 11) is 1.66. The van der Waals surface area contributed by atoms with Gasteiger partial charge in [0.25, 0.3) is 0 Å². The molecule has 2 N–H and O–H groups in total. The molecule has 0 saturated heterocycles. The number of hydrogen-bond acceptors (Lipinski definition) is 4. The quantitative estimate of drug-likeness (QED) is 0.458. The van der Waals surface area contributed by atoms with E-state index in [9.17, 15) is 4.79 Å². The van der Waals surface area contributed by atoms with Crippen molar-refractivity contribution in [2.24, 2.45) is 0 Å². The minimum atomic E-state index is -0.201. The lowest BCUT2D eigenvalue weighted by Crippen LogP contribution is -2.26. The van der Waals surface area contributed by atoms with Crippen molar-refractivity contribution in [3.8, 4) is 5.75 Å². The molecule has 156 valence electrons. The zero-order chi connectivity index (χ0) is 21.4. The van der Waals surface area contributed by atoms with Crippen LogP contribution in [0.2, 0.25) is 0 Å². The lowest BCUT2D eigenvalue weighted by Gasteiger charge is -2.30. The largest absolute Gasteiger partial charge is 0.497 e. The van der Waals surface area contributed by atoms with Gasteiger partial charge in [-0.2, -0.15) is 0 Å². The summed E-state index contributed by atoms with van der Waals surface area (Å²) in [6, 6.07) is 24.2. The molecule has 0 amide bonds. The molecule has 0 saturated carbocycles. The summed E-state index contributed by atoms with van der Waals surface area (Å²) in [6.45, 7) is 0. The van der Waals surface area contributed by atoms with E-state index in [4.69, 9.17) is 4.74 Å². The van der Waals surface area contributed by atoms with Crippen molar-refractivity contribution < 1.29 is 9.53 Å². The number of nitrogens with one attached hydrogen (secondary N) is 2. The predicted octanol–water partition coefficient (Wildman–Crippen LogP) is 6.44. The molecule has 5 rings (SSSR count). The van der Waals surface area contributed by atoms with E-state index in [1.165, 1.54) is 0 Å². The van der Waals surface area contributed by atoms with E-state index >= 15 is 0 Å². The van der Waals surface area contributed by atoms with Gasteiger partial charge in [0.1, 0.15) is 5.75 Å². The maximum atomic E-state index is 13.5. The highest BCUT2D eigenvalue weighted by molar-refractivity contribution is 9.10. The monoisotopic (exact) mass is 474 g/mol. The van der Waals surface area contributed by atoms with Gasteiger partial charge in [0, 0.05) is 22.2 Å². The van der Waals surface area contributed by atoms with Gasteiger partial charge in [-0.15, -0.1) is 0 Å². The molecule has 0 bridgehead atoms. The third-order valence-corrected chi connectivity index (χ3v) is 6.57. The highest BCUT2D eigenvalue weighted by Gasteiger charge is 2.36. The van der Waals surface area contributed by atoms with Crippen molar-refractivity contribution in [1.82, 2.24) is 0 Å². The second kappa shape index (κ2) is 8.23. The Morgan fingerprint density at radius 2 is 1.68 bits per heavy atom. The zero-order valence-corrected chi connectivity index (χ0v) is 18.8. The van der Waals surface area contributed by atoms with E-state index in [-0.39, 0.29) is 17.7 Å². The Bertz CT molecular complexity index is 1170. The number of rotatable bonds is 3. The number of anilines is 2. The number of fused-ring (bicyclic) bond motifs is 1. The number of hydrogen-bond donors (Lipinski definition) is 2. The van der Waals surface area contributed by atoms with Crippen molar-refractivity contribution in [2.75, 3.05) is 17.7 Å². The second-order valence-corrected chi connectivity index (χ2v) is 8.91. The van der Waals surface area contributed by atoms with Crippen LogP contribution in [0.25, 0.3) is 0 Å². The third-order valence-electron chi connectivity index (χ3n) is 6.08. The predicted molar refractivity (Wildman–Crippen MR) is 128 cm³/mol. The molecular weight excluding hydrogens is 452 g/mol. The van der Waals surface area contributed by atoms with Crippen molar-refractivity contribution in [1.29, 1.82) is 0 Å². The summed E-state index contributed by atoms with van der Waals surface area (Å²) < 4.78 is 6.29. The van der Waals surface area contributed by atoms with Crippen LogP contribution in [0, 0.1) is 0 Å². The molecule has 1 heterocycles. The van der Waals surface area contributed by atoms with Crippen molar-refractivity contribution >= 4 is 33.1 Å². The topological polar surface area (TPSA) is 50.4 Å². The number of methoxy groups -OCH3 is 1. The molecule has 3 aromatic carbocycles. The van der Waals surface area contributed by atoms with Gasteiger partial charge in [0.15, 0.2) is 5.78 Å². The fourth-order valence-electron chi connectivity index (χ4n) is 4.54. The first-order chi connectivity index (χ1) is 15.1. The molecule has 5 heteroatoms. The molecule has 0 radical (unpaired) electrons. The highest BCUT2D eigenvalue weighted by Crippen LogP contribution is 2.44. The molecule has 2 aliphatic rings. The summed E-state index contributed by atoms with van der Waals surface area (Å²) in [5, 5.41) is 7.21. The molecule has 0 aromatic heterocycles. The standard InChI is InChI=1S/C26H23BrN2O2/c1-31-20-11-9-16(10-12-20)18-14-23-25(24(30)15-18)26(17-5-4-6-19(27)13-17)29-22-8-3-2-7-21(22)28-23/h2-13,18,26,28-29H,14-15H2,1H3/t18-,26+/m1/s1. The van der Waals surface area contributed by atoms with Crippen LogP contribution in [0.15, 0.2) is 88.5 Å². The molecule has 0 spiro atoms. The van der Waals surface area contributed by atoms with Gasteiger partial charge in [-0.05, 0) is 59.9 Å². The van der Waals surface area contributed by atoms with Crippen LogP contribution < -0.4 is 15.4 Å². The van der Waals surface area contributed by atoms with E-state index in [1.807, 2.05) is 36.4 Å². The Labute approximate surface area is 190 Å². The summed E-state index contributed by atoms with van der Waals surface area (Å²) in [5.41, 5.74) is 6.05. The number of benzene rings is 3. The number of carbonyl (C=O) groups is 1. The molecule has 1 aliphatic heterocycles. The molecule has 31 heavy (non-hydrogen) atoms. The van der Waals surface area contributed by atoms with E-state index in [0.29, 0.717) is 6.42 Å². The first-order valence-corrected chi connectivity index (χ1v) is 11.2. The average Bonchev–Trinajstić information content (AvgIpc) is 2.96. The molecule has 3 aromatic rings. The van der Waals surface area contributed by atoms with Crippen molar-refractivity contribution in [3.05, 3.63) is 99.7 Å². The number of ether oxygens (including phenoxy) is 1. The molecule has 2 atom stereocenters. The minimum Gasteiger partial charge on any atom is -0.497 e. The fraction of sp³-hybridized carbons (Fsp3) is 0.192. The second-order valence-electron chi connectivity index (χ2n) is 8.00. The molecule has 0 fully saturated rings. The molecule has 0 unspecified atom stereocenters. The summed E-state index contributed by atoms with van der Waals surface area (Å²) in [5.74, 6) is 1.14. The Kier molecular flexibility index (Phi) is 5.28. The maximum Gasteiger partial charge on any atom is 0.163 e. The Hall–Kier alpha value is -3.05. The number of para-hydroxylation sites is 2. The van der Waals surface area contributed by atoms with E-state index in [1.54, 1.807) is 7.11 Å². The Morgan fingerprint density at radius 3 is 2.42 bits per heavy atom. The van der Waals surface area contributed by atoms with Crippen molar-refractivity contribution in [2.45, 2.75) is 24.8 Å². The van der Waals surface area contributed by atoms with Gasteiger partial charge in [-0.25, -0.2) is 0 Å². The van der Waals surface area contributed by atoms with Gasteiger partial charge in [-0.3, -0.25) is 4.79 Å².